The van der Waals surface area contributed by atoms with Crippen LogP contribution in [0.2, 0.25) is 0 Å². The molecule has 39 heavy (non-hydrogen) atoms. The molecule has 0 saturated carbocycles. The fourth-order valence-corrected chi connectivity index (χ4v) is 4.15. The number of hydrogen-bond donors (Lipinski definition) is 3. The first kappa shape index (κ1) is 30.0. The van der Waals surface area contributed by atoms with Crippen LogP contribution in [-0.4, -0.2) is 79.9 Å². The zero-order valence-electron chi connectivity index (χ0n) is 22.0. The van der Waals surface area contributed by atoms with Crippen molar-refractivity contribution in [3.05, 3.63) is 76.2 Å². The second kappa shape index (κ2) is 16.4. The van der Waals surface area contributed by atoms with Crippen LogP contribution in [0, 0.1) is 16.0 Å². The van der Waals surface area contributed by atoms with E-state index in [0.29, 0.717) is 45.2 Å². The average Bonchev–Trinajstić information content (AvgIpc) is 2.96. The van der Waals surface area contributed by atoms with E-state index in [1.54, 1.807) is 0 Å². The van der Waals surface area contributed by atoms with Gasteiger partial charge in [-0.1, -0.05) is 30.3 Å². The van der Waals surface area contributed by atoms with Gasteiger partial charge < -0.3 is 34.7 Å². The number of rotatable bonds is 17. The maximum atomic E-state index is 13.0. The van der Waals surface area contributed by atoms with Gasteiger partial charge in [-0.3, -0.25) is 14.9 Å². The van der Waals surface area contributed by atoms with Crippen LogP contribution in [0.4, 0.5) is 11.5 Å². The van der Waals surface area contributed by atoms with Crippen molar-refractivity contribution >= 4 is 17.4 Å². The second-order valence-corrected chi connectivity index (χ2v) is 8.65. The minimum Gasteiger partial charge on any atom is -0.459 e. The number of carbonyl (C=O) groups excluding carboxylic acids is 1. The van der Waals surface area contributed by atoms with E-state index >= 15 is 0 Å². The largest absolute Gasteiger partial charge is 0.459 e. The third kappa shape index (κ3) is 9.59. The van der Waals surface area contributed by atoms with Crippen LogP contribution in [0.3, 0.4) is 0 Å². The van der Waals surface area contributed by atoms with Crippen molar-refractivity contribution in [2.24, 2.45) is 5.92 Å². The molecule has 1 aromatic heterocycles. The summed E-state index contributed by atoms with van der Waals surface area (Å²) in [6, 6.07) is 12.8. The van der Waals surface area contributed by atoms with Gasteiger partial charge in [-0.15, -0.1) is 0 Å². The predicted octanol–water partition coefficient (Wildman–Crippen LogP) is 2.61. The van der Waals surface area contributed by atoms with E-state index in [1.807, 2.05) is 43.3 Å². The summed E-state index contributed by atoms with van der Waals surface area (Å²) in [6.45, 7) is 4.47. The Morgan fingerprint density at radius 3 is 2.54 bits per heavy atom. The molecule has 0 radical (unpaired) electrons. The molecule has 3 rings (SSSR count). The molecule has 0 fully saturated rings. The van der Waals surface area contributed by atoms with Gasteiger partial charge in [0.25, 0.3) is 11.6 Å². The number of aliphatic hydroxyl groups excluding tert-OH is 1. The first-order valence-corrected chi connectivity index (χ1v) is 13.0. The summed E-state index contributed by atoms with van der Waals surface area (Å²) in [4.78, 5) is 27.3. The van der Waals surface area contributed by atoms with Gasteiger partial charge in [0, 0.05) is 44.2 Å². The SMILES string of the molecule is CCO[C@H]1OC(C(=O)NCCNc2ccc([N+](=O)[O-])cn2)=C[C@@H](c2ccccc2)[C@H]1CCOCCOCCO. The van der Waals surface area contributed by atoms with Crippen LogP contribution in [0.25, 0.3) is 0 Å². The Balaban J connectivity index is 1.61. The topological polar surface area (TPSA) is 154 Å². The monoisotopic (exact) mass is 544 g/mol. The number of hydrogen-bond acceptors (Lipinski definition) is 10. The first-order chi connectivity index (χ1) is 19.0. The highest BCUT2D eigenvalue weighted by Crippen LogP contribution is 2.38. The number of nitrogens with zero attached hydrogens (tertiary/aromatic N) is 2. The van der Waals surface area contributed by atoms with E-state index in [4.69, 9.17) is 24.1 Å². The lowest BCUT2D eigenvalue weighted by molar-refractivity contribution is -0.385. The van der Waals surface area contributed by atoms with Crippen molar-refractivity contribution in [1.29, 1.82) is 0 Å². The van der Waals surface area contributed by atoms with Gasteiger partial charge in [-0.05, 0) is 31.1 Å². The number of ether oxygens (including phenoxy) is 4. The molecule has 0 spiro atoms. The maximum Gasteiger partial charge on any atom is 0.287 e. The summed E-state index contributed by atoms with van der Waals surface area (Å²) in [6.07, 6.45) is 3.01. The Morgan fingerprint density at radius 1 is 1.10 bits per heavy atom. The fourth-order valence-electron chi connectivity index (χ4n) is 4.15. The van der Waals surface area contributed by atoms with Crippen LogP contribution in [0.5, 0.6) is 0 Å². The van der Waals surface area contributed by atoms with E-state index in [1.165, 1.54) is 18.3 Å². The molecule has 0 aliphatic carbocycles. The molecule has 3 atom stereocenters. The summed E-state index contributed by atoms with van der Waals surface area (Å²) in [7, 11) is 0. The highest BCUT2D eigenvalue weighted by Gasteiger charge is 2.37. The Hall–Kier alpha value is -3.58. The normalized spacial score (nSPS) is 18.6. The predicted molar refractivity (Wildman–Crippen MR) is 143 cm³/mol. The van der Waals surface area contributed by atoms with Gasteiger partial charge in [0.1, 0.15) is 12.0 Å². The van der Waals surface area contributed by atoms with Gasteiger partial charge >= 0.3 is 0 Å². The summed E-state index contributed by atoms with van der Waals surface area (Å²) in [5.74, 6) is 0.0692. The van der Waals surface area contributed by atoms with Gasteiger partial charge in [0.15, 0.2) is 5.76 Å². The van der Waals surface area contributed by atoms with Crippen molar-refractivity contribution in [3.63, 3.8) is 0 Å². The third-order valence-electron chi connectivity index (χ3n) is 6.00. The molecular formula is C27H36N4O8. The minimum absolute atomic E-state index is 0.0239. The molecule has 212 valence electrons. The average molecular weight is 545 g/mol. The molecule has 0 unspecified atom stereocenters. The number of amides is 1. The lowest BCUT2D eigenvalue weighted by atomic mass is 9.81. The number of aromatic nitrogens is 1. The molecule has 2 aromatic rings. The Kier molecular flexibility index (Phi) is 12.6. The van der Waals surface area contributed by atoms with Crippen LogP contribution >= 0.6 is 0 Å². The number of pyridine rings is 1. The molecule has 2 heterocycles. The number of aliphatic hydroxyl groups is 1. The van der Waals surface area contributed by atoms with Crippen molar-refractivity contribution in [2.75, 3.05) is 58.0 Å². The third-order valence-corrected chi connectivity index (χ3v) is 6.00. The lowest BCUT2D eigenvalue weighted by Gasteiger charge is -2.37. The van der Waals surface area contributed by atoms with Gasteiger partial charge in [-0.2, -0.15) is 0 Å². The van der Waals surface area contributed by atoms with E-state index in [9.17, 15) is 14.9 Å². The molecule has 1 aliphatic heterocycles. The summed E-state index contributed by atoms with van der Waals surface area (Å²) >= 11 is 0. The van der Waals surface area contributed by atoms with Gasteiger partial charge in [-0.25, -0.2) is 4.98 Å². The second-order valence-electron chi connectivity index (χ2n) is 8.65. The standard InChI is InChI=1S/C27H36N4O8/c1-2-38-27-22(10-14-36-16-17-37-15-13-32)23(20-6-4-3-5-7-20)18-24(39-27)26(33)29-12-11-28-25-9-8-21(19-30-25)31(34)35/h3-9,18-19,22-23,27,32H,2,10-17H2,1H3,(H,28,30)(H,29,33)/t22-,23+,27+/m1/s1. The number of carbonyl (C=O) groups is 1. The molecule has 0 saturated heterocycles. The number of nitrogens with one attached hydrogen (secondary N) is 2. The number of allylic oxidation sites excluding steroid dienone is 1. The van der Waals surface area contributed by atoms with Crippen LogP contribution in [0.15, 0.2) is 60.5 Å². The van der Waals surface area contributed by atoms with Gasteiger partial charge in [0.2, 0.25) is 6.29 Å². The van der Waals surface area contributed by atoms with Crippen LogP contribution in [0.1, 0.15) is 24.8 Å². The molecule has 12 nitrogen and oxygen atoms in total. The Morgan fingerprint density at radius 2 is 1.87 bits per heavy atom. The van der Waals surface area contributed by atoms with E-state index < -0.39 is 11.2 Å². The Bertz CT molecular complexity index is 1050. The zero-order chi connectivity index (χ0) is 27.9. The molecule has 0 bridgehead atoms. The minimum atomic E-state index is -0.636. The van der Waals surface area contributed by atoms with Crippen LogP contribution in [-0.2, 0) is 23.7 Å². The van der Waals surface area contributed by atoms with Crippen molar-refractivity contribution in [1.82, 2.24) is 10.3 Å². The molecule has 3 N–H and O–H groups in total. The summed E-state index contributed by atoms with van der Waals surface area (Å²) in [5.41, 5.74) is 0.946. The van der Waals surface area contributed by atoms with Gasteiger partial charge in [0.05, 0.1) is 31.4 Å². The molecule has 12 heteroatoms. The highest BCUT2D eigenvalue weighted by molar-refractivity contribution is 5.91. The number of nitro groups is 1. The lowest BCUT2D eigenvalue weighted by Crippen LogP contribution is -2.40. The van der Waals surface area contributed by atoms with E-state index in [-0.39, 0.29) is 48.9 Å². The first-order valence-electron chi connectivity index (χ1n) is 13.0. The van der Waals surface area contributed by atoms with Crippen molar-refractivity contribution in [3.8, 4) is 0 Å². The molecule has 1 aliphatic rings. The molecule has 1 amide bonds. The van der Waals surface area contributed by atoms with E-state index in [2.05, 4.69) is 15.6 Å². The maximum absolute atomic E-state index is 13.0. The number of benzene rings is 1. The smallest absolute Gasteiger partial charge is 0.287 e. The van der Waals surface area contributed by atoms with Crippen molar-refractivity contribution in [2.45, 2.75) is 25.6 Å². The highest BCUT2D eigenvalue weighted by atomic mass is 16.7. The number of anilines is 1. The fraction of sp³-hybridized carbons (Fsp3) is 0.481. The van der Waals surface area contributed by atoms with E-state index in [0.717, 1.165) is 5.56 Å². The molecule has 1 aromatic carbocycles. The summed E-state index contributed by atoms with van der Waals surface area (Å²) in [5, 5.41) is 25.4. The quantitative estimate of drug-likeness (QED) is 0.154. The molecular weight excluding hydrogens is 508 g/mol. The Labute approximate surface area is 227 Å². The van der Waals surface area contributed by atoms with Crippen molar-refractivity contribution < 1.29 is 33.8 Å². The van der Waals surface area contributed by atoms with Crippen LogP contribution < -0.4 is 10.6 Å². The zero-order valence-corrected chi connectivity index (χ0v) is 22.0. The summed E-state index contributed by atoms with van der Waals surface area (Å²) < 4.78 is 22.9.